The Morgan fingerprint density at radius 2 is 1.56 bits per heavy atom. The maximum Gasteiger partial charge on any atom is 0.0480 e. The number of benzene rings is 1. The van der Waals surface area contributed by atoms with Crippen molar-refractivity contribution in [2.45, 2.75) is 51.5 Å². The number of hydrogen-bond donors (Lipinski definition) is 1. The molecule has 0 amide bonds. The van der Waals surface area contributed by atoms with Crippen molar-refractivity contribution >= 4 is 17.4 Å². The van der Waals surface area contributed by atoms with E-state index in [0.29, 0.717) is 6.04 Å². The van der Waals surface area contributed by atoms with Crippen molar-refractivity contribution in [3.8, 4) is 0 Å². The summed E-state index contributed by atoms with van der Waals surface area (Å²) in [7, 11) is 0. The number of para-hydroxylation sites is 1. The predicted molar refractivity (Wildman–Crippen MR) is 84.5 cm³/mol. The van der Waals surface area contributed by atoms with Crippen molar-refractivity contribution in [2.75, 3.05) is 11.6 Å². The molecule has 0 unspecified atom stereocenters. The van der Waals surface area contributed by atoms with Crippen molar-refractivity contribution < 1.29 is 0 Å². The minimum absolute atomic E-state index is 0.582. The van der Waals surface area contributed by atoms with Crippen LogP contribution in [-0.2, 0) is 0 Å². The first-order chi connectivity index (χ1) is 8.52. The van der Waals surface area contributed by atoms with Gasteiger partial charge in [-0.1, -0.05) is 39.8 Å². The fraction of sp³-hybridized carbons (Fsp3) is 0.625. The molecule has 0 heterocycles. The monoisotopic (exact) mass is 265 g/mol. The van der Waals surface area contributed by atoms with Crippen LogP contribution in [0.15, 0.2) is 29.2 Å². The summed E-state index contributed by atoms with van der Waals surface area (Å²) in [6, 6.07) is 9.19. The van der Waals surface area contributed by atoms with E-state index in [0.717, 1.165) is 11.8 Å². The molecular formula is C16H27NS. The van der Waals surface area contributed by atoms with Crippen LogP contribution < -0.4 is 5.32 Å². The molecule has 1 rings (SSSR count). The molecule has 0 saturated carbocycles. The van der Waals surface area contributed by atoms with Gasteiger partial charge in [-0.2, -0.15) is 0 Å². The Hall–Kier alpha value is -0.630. The summed E-state index contributed by atoms with van der Waals surface area (Å²) in [5, 5.41) is 3.74. The molecule has 0 saturated heterocycles. The first-order valence-electron chi connectivity index (χ1n) is 6.92. The quantitative estimate of drug-likeness (QED) is 0.673. The zero-order valence-corrected chi connectivity index (χ0v) is 13.2. The highest BCUT2D eigenvalue weighted by Crippen LogP contribution is 2.27. The van der Waals surface area contributed by atoms with E-state index in [9.17, 15) is 0 Å². The van der Waals surface area contributed by atoms with Crippen molar-refractivity contribution in [1.82, 2.24) is 0 Å². The molecule has 0 fully saturated rings. The van der Waals surface area contributed by atoms with Crippen LogP contribution in [0.3, 0.4) is 0 Å². The number of thioether (sulfide) groups is 1. The maximum absolute atomic E-state index is 3.74. The summed E-state index contributed by atoms with van der Waals surface area (Å²) in [6.45, 7) is 9.20. The van der Waals surface area contributed by atoms with E-state index in [1.807, 2.05) is 11.8 Å². The molecule has 0 atom stereocenters. The van der Waals surface area contributed by atoms with Crippen LogP contribution in [0.2, 0.25) is 0 Å². The van der Waals surface area contributed by atoms with Crippen molar-refractivity contribution in [1.29, 1.82) is 0 Å². The van der Waals surface area contributed by atoms with Crippen LogP contribution in [-0.4, -0.2) is 12.3 Å². The van der Waals surface area contributed by atoms with E-state index in [1.54, 1.807) is 0 Å². The molecule has 102 valence electrons. The van der Waals surface area contributed by atoms with Crippen LogP contribution in [0.4, 0.5) is 5.69 Å². The van der Waals surface area contributed by atoms with Gasteiger partial charge in [-0.15, -0.1) is 11.8 Å². The van der Waals surface area contributed by atoms with Gasteiger partial charge in [0.2, 0.25) is 0 Å². The molecule has 0 aliphatic rings. The Labute approximate surface area is 117 Å². The summed E-state index contributed by atoms with van der Waals surface area (Å²) in [5.74, 6) is 1.48. The highest BCUT2D eigenvalue weighted by atomic mass is 32.2. The zero-order valence-electron chi connectivity index (χ0n) is 12.4. The van der Waals surface area contributed by atoms with Gasteiger partial charge in [-0.3, -0.25) is 0 Å². The molecule has 18 heavy (non-hydrogen) atoms. The molecule has 0 spiro atoms. The van der Waals surface area contributed by atoms with Gasteiger partial charge in [-0.25, -0.2) is 0 Å². The predicted octanol–water partition coefficient (Wildman–Crippen LogP) is 5.28. The van der Waals surface area contributed by atoms with Crippen LogP contribution in [0.1, 0.15) is 40.5 Å². The summed E-state index contributed by atoms with van der Waals surface area (Å²) in [4.78, 5) is 1.34. The molecule has 1 nitrogen and oxygen atoms in total. The second-order valence-electron chi connectivity index (χ2n) is 5.80. The van der Waals surface area contributed by atoms with Gasteiger partial charge in [0.25, 0.3) is 0 Å². The Morgan fingerprint density at radius 3 is 2.06 bits per heavy atom. The topological polar surface area (TPSA) is 12.0 Å². The molecule has 0 aliphatic carbocycles. The largest absolute Gasteiger partial charge is 0.381 e. The van der Waals surface area contributed by atoms with Gasteiger partial charge in [0.1, 0.15) is 0 Å². The van der Waals surface area contributed by atoms with E-state index >= 15 is 0 Å². The normalized spacial score (nSPS) is 11.6. The number of nitrogens with one attached hydrogen (secondary N) is 1. The number of anilines is 1. The lowest BCUT2D eigenvalue weighted by Crippen LogP contribution is -2.23. The second-order valence-corrected chi connectivity index (χ2v) is 6.65. The number of hydrogen-bond acceptors (Lipinski definition) is 2. The lowest BCUT2D eigenvalue weighted by atomic mass is 9.95. The molecular weight excluding hydrogens is 238 g/mol. The first-order valence-corrected chi connectivity index (χ1v) is 8.15. The molecule has 0 radical (unpaired) electrons. The van der Waals surface area contributed by atoms with Gasteiger partial charge >= 0.3 is 0 Å². The molecule has 0 aromatic heterocycles. The molecule has 2 heteroatoms. The second kappa shape index (κ2) is 7.73. The lowest BCUT2D eigenvalue weighted by molar-refractivity contribution is 0.441. The van der Waals surface area contributed by atoms with E-state index in [4.69, 9.17) is 0 Å². The van der Waals surface area contributed by atoms with E-state index in [-0.39, 0.29) is 0 Å². The third-order valence-corrected chi connectivity index (χ3v) is 3.77. The van der Waals surface area contributed by atoms with E-state index in [2.05, 4.69) is 63.5 Å². The Balaban J connectivity index is 2.74. The van der Waals surface area contributed by atoms with Gasteiger partial charge < -0.3 is 5.32 Å². The Morgan fingerprint density at radius 1 is 1.00 bits per heavy atom. The summed E-state index contributed by atoms with van der Waals surface area (Å²) in [5.41, 5.74) is 1.29. The fourth-order valence-corrected chi connectivity index (χ4v) is 2.90. The summed E-state index contributed by atoms with van der Waals surface area (Å²) in [6.07, 6.45) is 4.61. The standard InChI is InChI=1S/C16H27NS/c1-12(2)10-14(11-13(3)4)17-15-8-6-7-9-16(15)18-5/h6-9,12-14,17H,10-11H2,1-5H3. The molecule has 1 N–H and O–H groups in total. The van der Waals surface area contributed by atoms with Crippen LogP contribution >= 0.6 is 11.8 Å². The average molecular weight is 265 g/mol. The molecule has 1 aromatic rings. The van der Waals surface area contributed by atoms with Gasteiger partial charge in [0.15, 0.2) is 0 Å². The minimum atomic E-state index is 0.582. The lowest BCUT2D eigenvalue weighted by Gasteiger charge is -2.24. The number of rotatable bonds is 7. The van der Waals surface area contributed by atoms with Gasteiger partial charge in [0, 0.05) is 16.6 Å². The summed E-state index contributed by atoms with van der Waals surface area (Å²) >= 11 is 1.81. The van der Waals surface area contributed by atoms with Crippen LogP contribution in [0.5, 0.6) is 0 Å². The fourth-order valence-electron chi connectivity index (χ4n) is 2.34. The molecule has 1 aromatic carbocycles. The third kappa shape index (κ3) is 5.34. The highest BCUT2D eigenvalue weighted by Gasteiger charge is 2.14. The van der Waals surface area contributed by atoms with Crippen molar-refractivity contribution in [3.05, 3.63) is 24.3 Å². The minimum Gasteiger partial charge on any atom is -0.381 e. The Kier molecular flexibility index (Phi) is 6.62. The first kappa shape index (κ1) is 15.4. The SMILES string of the molecule is CSc1ccccc1NC(CC(C)C)CC(C)C. The van der Waals surface area contributed by atoms with Crippen molar-refractivity contribution in [3.63, 3.8) is 0 Å². The van der Waals surface area contributed by atoms with Gasteiger partial charge in [0.05, 0.1) is 0 Å². The molecule has 0 bridgehead atoms. The van der Waals surface area contributed by atoms with E-state index < -0.39 is 0 Å². The average Bonchev–Trinajstić information content (AvgIpc) is 2.27. The van der Waals surface area contributed by atoms with Crippen molar-refractivity contribution in [2.24, 2.45) is 11.8 Å². The summed E-state index contributed by atoms with van der Waals surface area (Å²) < 4.78 is 0. The van der Waals surface area contributed by atoms with Gasteiger partial charge in [-0.05, 0) is 43.1 Å². The third-order valence-electron chi connectivity index (χ3n) is 2.98. The smallest absolute Gasteiger partial charge is 0.0480 e. The Bertz CT molecular complexity index is 337. The van der Waals surface area contributed by atoms with Crippen LogP contribution in [0.25, 0.3) is 0 Å². The maximum atomic E-state index is 3.74. The zero-order chi connectivity index (χ0) is 13.5. The van der Waals surface area contributed by atoms with E-state index in [1.165, 1.54) is 23.4 Å². The highest BCUT2D eigenvalue weighted by molar-refractivity contribution is 7.98. The van der Waals surface area contributed by atoms with Crippen LogP contribution in [0, 0.1) is 11.8 Å². The molecule has 0 aliphatic heterocycles.